The van der Waals surface area contributed by atoms with Crippen LogP contribution in [-0.4, -0.2) is 66.8 Å². The van der Waals surface area contributed by atoms with Crippen molar-refractivity contribution < 1.29 is 14.2 Å². The van der Waals surface area contributed by atoms with Gasteiger partial charge in [-0.15, -0.1) is 0 Å². The predicted octanol–water partition coefficient (Wildman–Crippen LogP) is 2.52. The fourth-order valence-corrected chi connectivity index (χ4v) is 4.42. The molecule has 1 saturated heterocycles. The first-order valence-electron chi connectivity index (χ1n) is 10.9. The molecule has 1 aliphatic heterocycles. The lowest BCUT2D eigenvalue weighted by Crippen LogP contribution is -2.46. The number of anilines is 1. The Bertz CT molecular complexity index is 1350. The van der Waals surface area contributed by atoms with E-state index in [0.29, 0.717) is 17.0 Å². The number of aromatic nitrogens is 3. The maximum absolute atomic E-state index is 12.2. The molecule has 5 rings (SSSR count). The van der Waals surface area contributed by atoms with Crippen molar-refractivity contribution >= 4 is 22.5 Å². The lowest BCUT2D eigenvalue weighted by molar-refractivity contribution is 0.244. The molecule has 4 heterocycles. The van der Waals surface area contributed by atoms with E-state index in [2.05, 4.69) is 14.8 Å². The van der Waals surface area contributed by atoms with E-state index in [0.717, 1.165) is 61.0 Å². The van der Waals surface area contributed by atoms with Gasteiger partial charge < -0.3 is 24.1 Å². The van der Waals surface area contributed by atoms with Crippen LogP contribution in [0, 0.1) is 0 Å². The molecule has 33 heavy (non-hydrogen) atoms. The molecule has 1 fully saturated rings. The monoisotopic (exact) mass is 449 g/mol. The van der Waals surface area contributed by atoms with E-state index < -0.39 is 0 Å². The summed E-state index contributed by atoms with van der Waals surface area (Å²) in [6.07, 6.45) is 1.87. The fourth-order valence-electron chi connectivity index (χ4n) is 4.42. The SMILES string of the molecule is COc1cc(OC)c(OC)cc1CN1CCN(c2ccc3[nH]c(=O)c4cccn4c3n2)CC1. The van der Waals surface area contributed by atoms with Crippen molar-refractivity contribution in [3.8, 4) is 17.2 Å². The normalized spacial score (nSPS) is 14.7. The van der Waals surface area contributed by atoms with E-state index in [9.17, 15) is 4.79 Å². The second kappa shape index (κ2) is 8.67. The molecule has 0 atom stereocenters. The number of H-pyrrole nitrogens is 1. The standard InChI is InChI=1S/C24H27N5O4/c1-31-19-14-21(33-3)20(32-2)13-16(19)15-27-9-11-28(12-10-27)22-7-6-17-23(26-22)29-8-4-5-18(29)24(30)25-17/h4-8,13-14H,9-12,15H2,1-3H3,(H,25,30). The Morgan fingerprint density at radius 2 is 1.67 bits per heavy atom. The molecule has 9 heteroatoms. The van der Waals surface area contributed by atoms with Gasteiger partial charge >= 0.3 is 0 Å². The summed E-state index contributed by atoms with van der Waals surface area (Å²) in [4.78, 5) is 24.7. The van der Waals surface area contributed by atoms with Crippen LogP contribution in [0.15, 0.2) is 47.4 Å². The summed E-state index contributed by atoms with van der Waals surface area (Å²) < 4.78 is 18.3. The number of rotatable bonds is 6. The summed E-state index contributed by atoms with van der Waals surface area (Å²) in [6, 6.07) is 11.4. The molecule has 1 N–H and O–H groups in total. The summed E-state index contributed by atoms with van der Waals surface area (Å²) in [7, 11) is 4.93. The van der Waals surface area contributed by atoms with Gasteiger partial charge in [0, 0.05) is 50.6 Å². The van der Waals surface area contributed by atoms with Gasteiger partial charge in [-0.05, 0) is 30.3 Å². The molecular formula is C24H27N5O4. The Kier molecular flexibility index (Phi) is 5.55. The molecule has 0 spiro atoms. The highest BCUT2D eigenvalue weighted by atomic mass is 16.5. The van der Waals surface area contributed by atoms with Crippen molar-refractivity contribution in [2.24, 2.45) is 0 Å². The van der Waals surface area contributed by atoms with Gasteiger partial charge in [0.05, 0.1) is 26.8 Å². The number of fused-ring (bicyclic) bond motifs is 3. The van der Waals surface area contributed by atoms with Crippen molar-refractivity contribution in [2.45, 2.75) is 6.54 Å². The van der Waals surface area contributed by atoms with E-state index in [1.165, 1.54) is 0 Å². The van der Waals surface area contributed by atoms with Gasteiger partial charge in [0.2, 0.25) is 0 Å². The zero-order valence-electron chi connectivity index (χ0n) is 19.0. The predicted molar refractivity (Wildman–Crippen MR) is 127 cm³/mol. The number of methoxy groups -OCH3 is 3. The summed E-state index contributed by atoms with van der Waals surface area (Å²) in [6.45, 7) is 4.25. The summed E-state index contributed by atoms with van der Waals surface area (Å²) in [5.41, 5.74) is 3.03. The van der Waals surface area contributed by atoms with Crippen molar-refractivity contribution in [3.63, 3.8) is 0 Å². The number of ether oxygens (including phenoxy) is 3. The number of aromatic amines is 1. The third kappa shape index (κ3) is 3.84. The van der Waals surface area contributed by atoms with Crippen LogP contribution in [-0.2, 0) is 6.54 Å². The van der Waals surface area contributed by atoms with Gasteiger partial charge in [0.1, 0.15) is 17.1 Å². The second-order valence-electron chi connectivity index (χ2n) is 8.04. The van der Waals surface area contributed by atoms with Gasteiger partial charge in [-0.25, -0.2) is 4.98 Å². The Balaban J connectivity index is 1.33. The largest absolute Gasteiger partial charge is 0.496 e. The van der Waals surface area contributed by atoms with Gasteiger partial charge in [-0.2, -0.15) is 0 Å². The first-order valence-corrected chi connectivity index (χ1v) is 10.9. The van der Waals surface area contributed by atoms with Crippen LogP contribution in [0.25, 0.3) is 16.7 Å². The van der Waals surface area contributed by atoms with Crippen LogP contribution in [0.1, 0.15) is 5.56 Å². The molecule has 9 nitrogen and oxygen atoms in total. The molecular weight excluding hydrogens is 422 g/mol. The highest BCUT2D eigenvalue weighted by molar-refractivity contribution is 5.76. The average molecular weight is 450 g/mol. The zero-order valence-corrected chi connectivity index (χ0v) is 19.0. The Labute approximate surface area is 191 Å². The first kappa shape index (κ1) is 21.1. The number of benzene rings is 1. The van der Waals surface area contributed by atoms with Crippen molar-refractivity contribution in [3.05, 3.63) is 58.5 Å². The summed E-state index contributed by atoms with van der Waals surface area (Å²) in [5, 5.41) is 0. The van der Waals surface area contributed by atoms with Crippen molar-refractivity contribution in [1.29, 1.82) is 0 Å². The van der Waals surface area contributed by atoms with Gasteiger partial charge in [0.25, 0.3) is 5.56 Å². The highest BCUT2D eigenvalue weighted by Crippen LogP contribution is 2.35. The molecule has 0 aliphatic carbocycles. The number of piperazine rings is 1. The van der Waals surface area contributed by atoms with Crippen LogP contribution < -0.4 is 24.7 Å². The zero-order chi connectivity index (χ0) is 22.9. The summed E-state index contributed by atoms with van der Waals surface area (Å²) in [5.74, 6) is 3.05. The molecule has 0 bridgehead atoms. The fraction of sp³-hybridized carbons (Fsp3) is 0.333. The molecule has 3 aromatic heterocycles. The van der Waals surface area contributed by atoms with E-state index in [1.807, 2.05) is 40.9 Å². The van der Waals surface area contributed by atoms with E-state index in [4.69, 9.17) is 19.2 Å². The number of pyridine rings is 1. The van der Waals surface area contributed by atoms with Crippen LogP contribution in [0.4, 0.5) is 5.82 Å². The number of nitrogens with zero attached hydrogens (tertiary/aromatic N) is 4. The third-order valence-corrected chi connectivity index (χ3v) is 6.20. The maximum atomic E-state index is 12.2. The number of hydrogen-bond acceptors (Lipinski definition) is 7. The molecule has 4 aromatic rings. The Hall–Kier alpha value is -3.72. The molecule has 0 amide bonds. The van der Waals surface area contributed by atoms with Gasteiger partial charge in [-0.3, -0.25) is 14.1 Å². The van der Waals surface area contributed by atoms with Crippen LogP contribution in [0.5, 0.6) is 17.2 Å². The Morgan fingerprint density at radius 1 is 0.939 bits per heavy atom. The molecule has 172 valence electrons. The first-order chi connectivity index (χ1) is 16.1. The molecule has 0 saturated carbocycles. The molecule has 1 aromatic carbocycles. The van der Waals surface area contributed by atoms with E-state index >= 15 is 0 Å². The molecule has 0 unspecified atom stereocenters. The minimum atomic E-state index is -0.110. The smallest absolute Gasteiger partial charge is 0.272 e. The lowest BCUT2D eigenvalue weighted by atomic mass is 10.1. The van der Waals surface area contributed by atoms with Crippen LogP contribution in [0.2, 0.25) is 0 Å². The Morgan fingerprint density at radius 3 is 2.39 bits per heavy atom. The minimum Gasteiger partial charge on any atom is -0.496 e. The van der Waals surface area contributed by atoms with Crippen LogP contribution >= 0.6 is 0 Å². The van der Waals surface area contributed by atoms with Crippen LogP contribution in [0.3, 0.4) is 0 Å². The summed E-state index contributed by atoms with van der Waals surface area (Å²) >= 11 is 0. The van der Waals surface area contributed by atoms with Gasteiger partial charge in [-0.1, -0.05) is 0 Å². The minimum absolute atomic E-state index is 0.110. The van der Waals surface area contributed by atoms with Gasteiger partial charge in [0.15, 0.2) is 17.1 Å². The maximum Gasteiger partial charge on any atom is 0.272 e. The third-order valence-electron chi connectivity index (χ3n) is 6.20. The number of hydrogen-bond donors (Lipinski definition) is 1. The quantitative estimate of drug-likeness (QED) is 0.484. The van der Waals surface area contributed by atoms with Crippen molar-refractivity contribution in [2.75, 3.05) is 52.4 Å². The van der Waals surface area contributed by atoms with E-state index in [1.54, 1.807) is 27.4 Å². The van der Waals surface area contributed by atoms with Crippen molar-refractivity contribution in [1.82, 2.24) is 19.3 Å². The second-order valence-corrected chi connectivity index (χ2v) is 8.04. The lowest BCUT2D eigenvalue weighted by Gasteiger charge is -2.35. The molecule has 0 radical (unpaired) electrons. The topological polar surface area (TPSA) is 84.3 Å². The van der Waals surface area contributed by atoms with E-state index in [-0.39, 0.29) is 5.56 Å². The average Bonchev–Trinajstić information content (AvgIpc) is 3.35. The number of nitrogens with one attached hydrogen (secondary N) is 1. The molecule has 1 aliphatic rings. The highest BCUT2D eigenvalue weighted by Gasteiger charge is 2.21.